The van der Waals surface area contributed by atoms with Gasteiger partial charge in [0.25, 0.3) is 5.91 Å². The van der Waals surface area contributed by atoms with Crippen molar-refractivity contribution < 1.29 is 9.18 Å². The van der Waals surface area contributed by atoms with Crippen LogP contribution in [0.4, 0.5) is 4.39 Å². The van der Waals surface area contributed by atoms with Crippen LogP contribution in [0.15, 0.2) is 54.6 Å². The molecule has 2 fully saturated rings. The van der Waals surface area contributed by atoms with Gasteiger partial charge in [0.1, 0.15) is 5.82 Å². The topological polar surface area (TPSA) is 26.8 Å². The Kier molecular flexibility index (Phi) is 5.47. The predicted octanol–water partition coefficient (Wildman–Crippen LogP) is 3.20. The molecule has 0 spiro atoms. The fourth-order valence-electron chi connectivity index (χ4n) is 4.67. The molecule has 2 aliphatic heterocycles. The van der Waals surface area contributed by atoms with Gasteiger partial charge >= 0.3 is 0 Å². The maximum Gasteiger partial charge on any atom is 0.254 e. The Morgan fingerprint density at radius 3 is 2.21 bits per heavy atom. The first-order chi connectivity index (χ1) is 13.6. The normalized spacial score (nSPS) is 20.9. The van der Waals surface area contributed by atoms with Crippen molar-refractivity contribution in [3.8, 4) is 0 Å². The smallest absolute Gasteiger partial charge is 0.254 e. The molecular formula is C23H28FN3O. The summed E-state index contributed by atoms with van der Waals surface area (Å²) in [4.78, 5) is 19.6. The second-order valence-corrected chi connectivity index (χ2v) is 7.99. The first-order valence-corrected chi connectivity index (χ1v) is 10.1. The Hall–Kier alpha value is -2.24. The molecule has 4 nitrogen and oxygen atoms in total. The van der Waals surface area contributed by atoms with E-state index in [1.165, 1.54) is 17.7 Å². The van der Waals surface area contributed by atoms with Crippen LogP contribution in [-0.2, 0) is 5.54 Å². The monoisotopic (exact) mass is 381 g/mol. The number of likely N-dealkylation sites (tertiary alicyclic amines) is 1. The Labute approximate surface area is 166 Å². The van der Waals surface area contributed by atoms with E-state index in [1.807, 2.05) is 4.90 Å². The third-order valence-corrected chi connectivity index (χ3v) is 6.37. The van der Waals surface area contributed by atoms with E-state index in [-0.39, 0.29) is 17.3 Å². The van der Waals surface area contributed by atoms with Crippen LogP contribution in [0.2, 0.25) is 0 Å². The van der Waals surface area contributed by atoms with Crippen LogP contribution >= 0.6 is 0 Å². The average molecular weight is 381 g/mol. The maximum absolute atomic E-state index is 13.5. The van der Waals surface area contributed by atoms with E-state index < -0.39 is 0 Å². The van der Waals surface area contributed by atoms with E-state index in [2.05, 4.69) is 47.2 Å². The van der Waals surface area contributed by atoms with Crippen LogP contribution in [0, 0.1) is 5.82 Å². The van der Waals surface area contributed by atoms with Gasteiger partial charge in [0, 0.05) is 37.3 Å². The van der Waals surface area contributed by atoms with Gasteiger partial charge in [-0.2, -0.15) is 0 Å². The van der Waals surface area contributed by atoms with Gasteiger partial charge < -0.3 is 9.80 Å². The highest BCUT2D eigenvalue weighted by molar-refractivity contribution is 5.94. The minimum Gasteiger partial charge on any atom is -0.336 e. The molecule has 0 radical (unpaired) electrons. The Morgan fingerprint density at radius 2 is 1.57 bits per heavy atom. The highest BCUT2D eigenvalue weighted by Gasteiger charge is 2.42. The minimum absolute atomic E-state index is 0.0434. The second-order valence-electron chi connectivity index (χ2n) is 7.99. The predicted molar refractivity (Wildman–Crippen MR) is 109 cm³/mol. The maximum atomic E-state index is 13.5. The average Bonchev–Trinajstić information content (AvgIpc) is 2.75. The van der Waals surface area contributed by atoms with Gasteiger partial charge in [-0.05, 0) is 56.7 Å². The highest BCUT2D eigenvalue weighted by atomic mass is 19.1. The van der Waals surface area contributed by atoms with E-state index in [9.17, 15) is 9.18 Å². The van der Waals surface area contributed by atoms with Crippen LogP contribution in [0.3, 0.4) is 0 Å². The molecule has 2 aromatic carbocycles. The number of rotatable bonds is 3. The third-order valence-electron chi connectivity index (χ3n) is 6.37. The van der Waals surface area contributed by atoms with Crippen LogP contribution in [0.5, 0.6) is 0 Å². The van der Waals surface area contributed by atoms with Gasteiger partial charge in [-0.25, -0.2) is 4.39 Å². The first kappa shape index (κ1) is 19.1. The van der Waals surface area contributed by atoms with Crippen molar-refractivity contribution in [3.63, 3.8) is 0 Å². The summed E-state index contributed by atoms with van der Waals surface area (Å²) in [6.45, 7) is 5.22. The van der Waals surface area contributed by atoms with Crippen LogP contribution in [0.1, 0.15) is 28.8 Å². The number of piperidine rings is 1. The van der Waals surface area contributed by atoms with Crippen molar-refractivity contribution in [1.29, 1.82) is 0 Å². The molecule has 0 aliphatic carbocycles. The molecule has 0 bridgehead atoms. The summed E-state index contributed by atoms with van der Waals surface area (Å²) in [5.74, 6) is -0.435. The second kappa shape index (κ2) is 8.02. The summed E-state index contributed by atoms with van der Waals surface area (Å²) in [6.07, 6.45) is 2.21. The zero-order valence-electron chi connectivity index (χ0n) is 16.5. The molecule has 2 aromatic rings. The van der Waals surface area contributed by atoms with E-state index in [0.29, 0.717) is 18.7 Å². The summed E-state index contributed by atoms with van der Waals surface area (Å²) < 4.78 is 13.5. The summed E-state index contributed by atoms with van der Waals surface area (Å²) in [6, 6.07) is 16.8. The number of carbonyl (C=O) groups is 1. The number of hydrogen-bond donors (Lipinski definition) is 0. The van der Waals surface area contributed by atoms with Gasteiger partial charge in [-0.1, -0.05) is 36.4 Å². The fraction of sp³-hybridized carbons (Fsp3) is 0.435. The molecule has 0 saturated carbocycles. The van der Waals surface area contributed by atoms with Crippen molar-refractivity contribution in [3.05, 3.63) is 71.5 Å². The van der Waals surface area contributed by atoms with Crippen LogP contribution in [0.25, 0.3) is 0 Å². The summed E-state index contributed by atoms with van der Waals surface area (Å²) in [5.41, 5.74) is 1.86. The number of benzene rings is 2. The van der Waals surface area contributed by atoms with Crippen molar-refractivity contribution in [2.24, 2.45) is 0 Å². The molecule has 0 aromatic heterocycles. The van der Waals surface area contributed by atoms with E-state index in [1.54, 1.807) is 12.1 Å². The number of piperazine rings is 1. The van der Waals surface area contributed by atoms with Crippen molar-refractivity contribution in [1.82, 2.24) is 14.7 Å². The van der Waals surface area contributed by atoms with Gasteiger partial charge in [0.15, 0.2) is 0 Å². The number of amides is 1. The van der Waals surface area contributed by atoms with Crippen molar-refractivity contribution in [2.45, 2.75) is 18.4 Å². The molecule has 1 amide bonds. The number of carbonyl (C=O) groups excluding carboxylic acids is 1. The van der Waals surface area contributed by atoms with Gasteiger partial charge in [0.05, 0.1) is 0 Å². The summed E-state index contributed by atoms with van der Waals surface area (Å²) in [5, 5.41) is 0. The number of halogens is 1. The lowest BCUT2D eigenvalue weighted by atomic mass is 9.79. The minimum atomic E-state index is -0.362. The lowest BCUT2D eigenvalue weighted by Gasteiger charge is -2.51. The van der Waals surface area contributed by atoms with Crippen molar-refractivity contribution >= 4 is 5.91 Å². The van der Waals surface area contributed by atoms with Gasteiger partial charge in [-0.15, -0.1) is 0 Å². The van der Waals surface area contributed by atoms with E-state index in [4.69, 9.17) is 0 Å². The van der Waals surface area contributed by atoms with E-state index in [0.717, 1.165) is 39.0 Å². The molecule has 5 heteroatoms. The molecular weight excluding hydrogens is 353 g/mol. The van der Waals surface area contributed by atoms with Gasteiger partial charge in [0.2, 0.25) is 0 Å². The SMILES string of the molecule is CN1CCC(c2ccccc2)(N2CCN(C(=O)c3cccc(F)c3)CC2)CC1. The highest BCUT2D eigenvalue weighted by Crippen LogP contribution is 2.39. The molecule has 148 valence electrons. The van der Waals surface area contributed by atoms with Crippen LogP contribution in [-0.4, -0.2) is 66.9 Å². The lowest BCUT2D eigenvalue weighted by Crippen LogP contribution is -2.59. The van der Waals surface area contributed by atoms with Crippen LogP contribution < -0.4 is 0 Å². The van der Waals surface area contributed by atoms with E-state index >= 15 is 0 Å². The number of hydrogen-bond acceptors (Lipinski definition) is 3. The molecule has 0 N–H and O–H groups in total. The zero-order chi connectivity index (χ0) is 19.6. The van der Waals surface area contributed by atoms with Gasteiger partial charge in [-0.3, -0.25) is 9.69 Å². The third kappa shape index (κ3) is 3.69. The molecule has 28 heavy (non-hydrogen) atoms. The molecule has 2 aliphatic rings. The Bertz CT molecular complexity index is 810. The quantitative estimate of drug-likeness (QED) is 0.817. The molecule has 4 rings (SSSR count). The summed E-state index contributed by atoms with van der Waals surface area (Å²) in [7, 11) is 2.19. The largest absolute Gasteiger partial charge is 0.336 e. The van der Waals surface area contributed by atoms with Crippen molar-refractivity contribution in [2.75, 3.05) is 46.3 Å². The molecule has 0 atom stereocenters. The lowest BCUT2D eigenvalue weighted by molar-refractivity contribution is -0.00753. The molecule has 2 heterocycles. The fourth-order valence-corrected chi connectivity index (χ4v) is 4.67. The standard InChI is InChI=1S/C23H28FN3O/c1-25-12-10-23(11-13-25,20-7-3-2-4-8-20)27-16-14-26(15-17-27)22(28)19-6-5-9-21(24)18-19/h2-9,18H,10-17H2,1H3. The molecule has 2 saturated heterocycles. The Balaban J connectivity index is 1.50. The Morgan fingerprint density at radius 1 is 0.893 bits per heavy atom. The zero-order valence-corrected chi connectivity index (χ0v) is 16.5. The number of nitrogens with zero attached hydrogens (tertiary/aromatic N) is 3. The molecule has 0 unspecified atom stereocenters. The summed E-state index contributed by atoms with van der Waals surface area (Å²) >= 11 is 0. The first-order valence-electron chi connectivity index (χ1n) is 10.1.